The fraction of sp³-hybridized carbons (Fsp3) is 0.226. The van der Waals surface area contributed by atoms with E-state index in [1.54, 1.807) is 24.3 Å². The fourth-order valence-electron chi connectivity index (χ4n) is 4.45. The van der Waals surface area contributed by atoms with Gasteiger partial charge in [0.2, 0.25) is 10.0 Å². The van der Waals surface area contributed by atoms with Gasteiger partial charge in [0.05, 0.1) is 17.0 Å². The second-order valence-electron chi connectivity index (χ2n) is 9.60. The van der Waals surface area contributed by atoms with E-state index in [2.05, 4.69) is 13.8 Å². The van der Waals surface area contributed by atoms with Crippen molar-refractivity contribution in [3.05, 3.63) is 137 Å². The van der Waals surface area contributed by atoms with Gasteiger partial charge in [-0.25, -0.2) is 8.42 Å². The molecule has 3 atom stereocenters. The lowest BCUT2D eigenvalue weighted by molar-refractivity contribution is 0.269. The van der Waals surface area contributed by atoms with Gasteiger partial charge in [0.1, 0.15) is 5.50 Å². The molecule has 0 aromatic heterocycles. The first-order valence-corrected chi connectivity index (χ1v) is 14.3. The van der Waals surface area contributed by atoms with Crippen molar-refractivity contribution >= 4 is 21.6 Å². The highest BCUT2D eigenvalue weighted by Gasteiger charge is 2.41. The molecule has 192 valence electrons. The van der Waals surface area contributed by atoms with Crippen LogP contribution in [0.1, 0.15) is 65.2 Å². The number of hydrogen-bond acceptors (Lipinski definition) is 3. The van der Waals surface area contributed by atoms with Crippen LogP contribution in [0.3, 0.4) is 0 Å². The summed E-state index contributed by atoms with van der Waals surface area (Å²) in [5, 5.41) is 0. The SMILES string of the molecule is Cc1ccc(S(=O)(=O)N(C(Cl)c2ccc(C(C)C)cc2)C(c2ccccc2)C(N)c2ccccc2)cc1. The number of sulfonamides is 1. The number of benzene rings is 4. The molecule has 3 unspecified atom stereocenters. The first-order valence-electron chi connectivity index (χ1n) is 12.4. The lowest BCUT2D eigenvalue weighted by atomic mass is 9.93. The van der Waals surface area contributed by atoms with E-state index in [1.165, 1.54) is 4.31 Å². The highest BCUT2D eigenvalue weighted by atomic mass is 35.5. The summed E-state index contributed by atoms with van der Waals surface area (Å²) in [6, 6.07) is 32.2. The molecule has 4 aromatic carbocycles. The molecule has 4 nitrogen and oxygen atoms in total. The third-order valence-corrected chi connectivity index (χ3v) is 9.08. The number of aryl methyl sites for hydroxylation is 1. The van der Waals surface area contributed by atoms with Gasteiger partial charge in [0.15, 0.2) is 0 Å². The summed E-state index contributed by atoms with van der Waals surface area (Å²) < 4.78 is 30.1. The molecule has 0 amide bonds. The first-order chi connectivity index (χ1) is 17.7. The molecule has 2 N–H and O–H groups in total. The molecule has 0 fully saturated rings. The first kappa shape index (κ1) is 27.1. The van der Waals surface area contributed by atoms with E-state index in [4.69, 9.17) is 17.3 Å². The molecule has 0 bridgehead atoms. The van der Waals surface area contributed by atoms with Crippen molar-refractivity contribution in [1.29, 1.82) is 0 Å². The predicted molar refractivity (Wildman–Crippen MR) is 152 cm³/mol. The smallest absolute Gasteiger partial charge is 0.245 e. The van der Waals surface area contributed by atoms with Gasteiger partial charge in [0, 0.05) is 0 Å². The second-order valence-corrected chi connectivity index (χ2v) is 11.9. The van der Waals surface area contributed by atoms with Crippen molar-refractivity contribution in [2.24, 2.45) is 5.73 Å². The highest BCUT2D eigenvalue weighted by Crippen LogP contribution is 2.43. The molecule has 0 heterocycles. The quantitative estimate of drug-likeness (QED) is 0.179. The van der Waals surface area contributed by atoms with Gasteiger partial charge in [0.25, 0.3) is 0 Å². The maximum absolute atomic E-state index is 14.4. The van der Waals surface area contributed by atoms with Crippen LogP contribution in [0.4, 0.5) is 0 Å². The number of nitrogens with zero attached hydrogens (tertiary/aromatic N) is 1. The third-order valence-electron chi connectivity index (χ3n) is 6.64. The fourth-order valence-corrected chi connectivity index (χ4v) is 6.67. The van der Waals surface area contributed by atoms with E-state index in [0.29, 0.717) is 11.5 Å². The van der Waals surface area contributed by atoms with Crippen molar-refractivity contribution in [3.63, 3.8) is 0 Å². The molecule has 6 heteroatoms. The van der Waals surface area contributed by atoms with Gasteiger partial charge in [-0.2, -0.15) is 4.31 Å². The molecule has 4 rings (SSSR count). The van der Waals surface area contributed by atoms with Crippen molar-refractivity contribution in [2.75, 3.05) is 0 Å². The van der Waals surface area contributed by atoms with Crippen LogP contribution in [0.5, 0.6) is 0 Å². The van der Waals surface area contributed by atoms with Crippen molar-refractivity contribution < 1.29 is 8.42 Å². The minimum Gasteiger partial charge on any atom is -0.322 e. The molecule has 0 spiro atoms. The van der Waals surface area contributed by atoms with Crippen LogP contribution >= 0.6 is 11.6 Å². The lowest BCUT2D eigenvalue weighted by Gasteiger charge is -2.38. The van der Waals surface area contributed by atoms with Gasteiger partial charge in [-0.1, -0.05) is 128 Å². The predicted octanol–water partition coefficient (Wildman–Crippen LogP) is 7.49. The Bertz CT molecular complexity index is 1390. The van der Waals surface area contributed by atoms with Gasteiger partial charge in [-0.3, -0.25) is 0 Å². The maximum atomic E-state index is 14.4. The maximum Gasteiger partial charge on any atom is 0.245 e. The van der Waals surface area contributed by atoms with Crippen LogP contribution in [0.15, 0.2) is 114 Å². The molecule has 4 aromatic rings. The zero-order chi connectivity index (χ0) is 26.6. The van der Waals surface area contributed by atoms with Gasteiger partial charge in [-0.05, 0) is 47.2 Å². The number of halogens is 1. The molecular weight excluding hydrogens is 500 g/mol. The van der Waals surface area contributed by atoms with E-state index in [0.717, 1.165) is 22.3 Å². The topological polar surface area (TPSA) is 63.4 Å². The number of nitrogens with two attached hydrogens (primary N) is 1. The summed E-state index contributed by atoms with van der Waals surface area (Å²) in [6.45, 7) is 6.16. The Balaban J connectivity index is 1.92. The largest absolute Gasteiger partial charge is 0.322 e. The van der Waals surface area contributed by atoms with Crippen molar-refractivity contribution in [1.82, 2.24) is 4.31 Å². The Labute approximate surface area is 225 Å². The highest BCUT2D eigenvalue weighted by molar-refractivity contribution is 7.89. The average Bonchev–Trinajstić information content (AvgIpc) is 2.92. The van der Waals surface area contributed by atoms with Crippen molar-refractivity contribution in [2.45, 2.75) is 49.2 Å². The molecular formula is C31H33ClN2O2S. The molecule has 37 heavy (non-hydrogen) atoms. The zero-order valence-corrected chi connectivity index (χ0v) is 22.9. The van der Waals surface area contributed by atoms with E-state index in [9.17, 15) is 8.42 Å². The summed E-state index contributed by atoms with van der Waals surface area (Å²) >= 11 is 7.14. The van der Waals surface area contributed by atoms with Crippen molar-refractivity contribution in [3.8, 4) is 0 Å². The van der Waals surface area contributed by atoms with Gasteiger partial charge >= 0.3 is 0 Å². The van der Waals surface area contributed by atoms with E-state index in [-0.39, 0.29) is 4.90 Å². The van der Waals surface area contributed by atoms with Crippen LogP contribution in [-0.4, -0.2) is 12.7 Å². The van der Waals surface area contributed by atoms with Crippen LogP contribution < -0.4 is 5.73 Å². The van der Waals surface area contributed by atoms with E-state index >= 15 is 0 Å². The lowest BCUT2D eigenvalue weighted by Crippen LogP contribution is -2.41. The van der Waals surface area contributed by atoms with Crippen LogP contribution in [-0.2, 0) is 10.0 Å². The Hall–Kier alpha value is -2.96. The summed E-state index contributed by atoms with van der Waals surface area (Å²) in [5.74, 6) is 0.346. The number of hydrogen-bond donors (Lipinski definition) is 1. The Kier molecular flexibility index (Phi) is 8.50. The summed E-state index contributed by atoms with van der Waals surface area (Å²) in [7, 11) is -4.07. The second kappa shape index (κ2) is 11.6. The van der Waals surface area contributed by atoms with Crippen LogP contribution in [0, 0.1) is 6.92 Å². The molecule has 0 aliphatic heterocycles. The summed E-state index contributed by atoms with van der Waals surface area (Å²) in [5.41, 5.74) is 10.3. The van der Waals surface area contributed by atoms with Crippen LogP contribution in [0.25, 0.3) is 0 Å². The summed E-state index contributed by atoms with van der Waals surface area (Å²) in [4.78, 5) is 0.170. The minimum absolute atomic E-state index is 0.170. The van der Waals surface area contributed by atoms with Gasteiger partial charge < -0.3 is 5.73 Å². The normalized spacial score (nSPS) is 14.5. The monoisotopic (exact) mass is 532 g/mol. The van der Waals surface area contributed by atoms with E-state index < -0.39 is 27.6 Å². The number of rotatable bonds is 9. The molecule has 0 aliphatic carbocycles. The molecule has 0 aliphatic rings. The summed E-state index contributed by atoms with van der Waals surface area (Å²) in [6.07, 6.45) is 0. The third kappa shape index (κ3) is 5.97. The van der Waals surface area contributed by atoms with Gasteiger partial charge in [-0.15, -0.1) is 0 Å². The molecule has 0 radical (unpaired) electrons. The van der Waals surface area contributed by atoms with E-state index in [1.807, 2.05) is 91.9 Å². The Morgan fingerprint density at radius 1 is 0.676 bits per heavy atom. The Morgan fingerprint density at radius 2 is 1.16 bits per heavy atom. The number of alkyl halides is 1. The van der Waals surface area contributed by atoms with Crippen LogP contribution in [0.2, 0.25) is 0 Å². The standard InChI is InChI=1S/C31H33ClN2O2S/c1-22(2)24-16-18-27(19-17-24)31(32)34(37(35,36)28-20-14-23(3)15-21-28)30(26-12-8-5-9-13-26)29(33)25-10-6-4-7-11-25/h4-22,29-31H,33H2,1-3H3. The average molecular weight is 533 g/mol. The minimum atomic E-state index is -4.07. The molecule has 0 saturated carbocycles. The zero-order valence-electron chi connectivity index (χ0n) is 21.3. The molecule has 0 saturated heterocycles. The Morgan fingerprint density at radius 3 is 1.68 bits per heavy atom.